The Bertz CT molecular complexity index is 518. The molecule has 0 saturated heterocycles. The zero-order chi connectivity index (χ0) is 12.4. The van der Waals surface area contributed by atoms with Crippen LogP contribution in [0.5, 0.6) is 0 Å². The van der Waals surface area contributed by atoms with Gasteiger partial charge in [-0.2, -0.15) is 5.26 Å². The zero-order valence-corrected chi connectivity index (χ0v) is 9.98. The molecule has 0 aromatic carbocycles. The summed E-state index contributed by atoms with van der Waals surface area (Å²) >= 11 is 5.91. The van der Waals surface area contributed by atoms with Gasteiger partial charge in [0.2, 0.25) is 5.91 Å². The summed E-state index contributed by atoms with van der Waals surface area (Å²) < 4.78 is 0. The number of fused-ring (bicyclic) bond motifs is 1. The summed E-state index contributed by atoms with van der Waals surface area (Å²) in [5, 5.41) is 9.15. The number of hydrogen-bond acceptors (Lipinski definition) is 3. The maximum Gasteiger partial charge on any atom is 0.242 e. The number of halogens is 1. The number of hydrogen-bond donors (Lipinski definition) is 0. The second kappa shape index (κ2) is 4.56. The smallest absolute Gasteiger partial charge is 0.242 e. The average molecular weight is 248 g/mol. The van der Waals surface area contributed by atoms with Crippen molar-refractivity contribution in [3.63, 3.8) is 0 Å². The van der Waals surface area contributed by atoms with Gasteiger partial charge in [-0.05, 0) is 13.0 Å². The van der Waals surface area contributed by atoms with Crippen LogP contribution in [0.15, 0.2) is 40.1 Å². The lowest BCUT2D eigenvalue weighted by atomic mass is 9.95. The standard InChI is InChI=1S/C12H10ClN3O/c1-8(13)11-15-10-5-3-2-4-9(10)12(17)16(11)7-6-14/h2-5,9H,7H2,1H3/b11-8+. The van der Waals surface area contributed by atoms with Crippen LogP contribution in [0.2, 0.25) is 0 Å². The van der Waals surface area contributed by atoms with E-state index in [-0.39, 0.29) is 12.5 Å². The molecule has 1 aliphatic carbocycles. The highest BCUT2D eigenvalue weighted by atomic mass is 35.5. The fraction of sp³-hybridized carbons (Fsp3) is 0.250. The van der Waals surface area contributed by atoms with Crippen LogP contribution in [-0.2, 0) is 4.79 Å². The van der Waals surface area contributed by atoms with E-state index in [0.29, 0.717) is 16.6 Å². The molecule has 0 N–H and O–H groups in total. The summed E-state index contributed by atoms with van der Waals surface area (Å²) in [6, 6.07) is 1.95. The number of aliphatic imine (C=N–C) groups is 1. The van der Waals surface area contributed by atoms with Gasteiger partial charge in [0.25, 0.3) is 0 Å². The number of nitrogens with zero attached hydrogens (tertiary/aromatic N) is 3. The number of allylic oxidation sites excluding steroid dienone is 4. The van der Waals surface area contributed by atoms with Gasteiger partial charge in [0, 0.05) is 0 Å². The lowest BCUT2D eigenvalue weighted by Crippen LogP contribution is -2.42. The van der Waals surface area contributed by atoms with Gasteiger partial charge in [-0.1, -0.05) is 29.8 Å². The maximum atomic E-state index is 12.2. The van der Waals surface area contributed by atoms with Crippen LogP contribution >= 0.6 is 11.6 Å². The third kappa shape index (κ3) is 2.02. The fourth-order valence-electron chi connectivity index (χ4n) is 1.79. The second-order valence-corrected chi connectivity index (χ2v) is 4.26. The molecule has 0 saturated carbocycles. The van der Waals surface area contributed by atoms with Crippen molar-refractivity contribution in [3.05, 3.63) is 35.2 Å². The van der Waals surface area contributed by atoms with Crippen LogP contribution in [0.25, 0.3) is 0 Å². The highest BCUT2D eigenvalue weighted by Gasteiger charge is 2.33. The Balaban J connectivity index is 2.51. The molecule has 2 aliphatic rings. The Morgan fingerprint density at radius 2 is 2.41 bits per heavy atom. The van der Waals surface area contributed by atoms with E-state index in [0.717, 1.165) is 0 Å². The van der Waals surface area contributed by atoms with E-state index < -0.39 is 5.92 Å². The normalized spacial score (nSPS) is 25.2. The predicted octanol–water partition coefficient (Wildman–Crippen LogP) is 1.96. The molecule has 1 aliphatic heterocycles. The molecule has 0 spiro atoms. The molecule has 0 aromatic rings. The Morgan fingerprint density at radius 1 is 1.65 bits per heavy atom. The first kappa shape index (κ1) is 11.6. The van der Waals surface area contributed by atoms with Crippen molar-refractivity contribution in [2.75, 3.05) is 6.54 Å². The second-order valence-electron chi connectivity index (χ2n) is 3.70. The van der Waals surface area contributed by atoms with Crippen molar-refractivity contribution in [1.82, 2.24) is 4.90 Å². The van der Waals surface area contributed by atoms with Crippen LogP contribution in [-0.4, -0.2) is 23.1 Å². The molecule has 0 aromatic heterocycles. The highest BCUT2D eigenvalue weighted by molar-refractivity contribution is 6.30. The van der Waals surface area contributed by atoms with Crippen molar-refractivity contribution in [1.29, 1.82) is 5.26 Å². The van der Waals surface area contributed by atoms with Crippen LogP contribution in [0.4, 0.5) is 0 Å². The quantitative estimate of drug-likeness (QED) is 0.665. The van der Waals surface area contributed by atoms with E-state index in [9.17, 15) is 4.79 Å². The van der Waals surface area contributed by atoms with Gasteiger partial charge in [0.1, 0.15) is 6.54 Å². The third-order valence-electron chi connectivity index (χ3n) is 2.56. The molecular weight excluding hydrogens is 238 g/mol. The van der Waals surface area contributed by atoms with Gasteiger partial charge in [-0.15, -0.1) is 0 Å². The summed E-state index contributed by atoms with van der Waals surface area (Å²) in [4.78, 5) is 17.8. The Hall–Kier alpha value is -1.86. The first-order valence-electron chi connectivity index (χ1n) is 5.13. The van der Waals surface area contributed by atoms with Crippen LogP contribution in [0, 0.1) is 17.2 Å². The molecule has 4 nitrogen and oxygen atoms in total. The van der Waals surface area contributed by atoms with Crippen molar-refractivity contribution < 1.29 is 4.79 Å². The molecule has 2 rings (SSSR count). The average Bonchev–Trinajstić information content (AvgIpc) is 2.32. The van der Waals surface area contributed by atoms with Gasteiger partial charge < -0.3 is 0 Å². The molecular formula is C12H10ClN3O. The molecule has 1 atom stereocenters. The SMILES string of the molecule is C/C(Cl)=C1/N=C2C=CC=CC2C(=O)N1CC#N. The Labute approximate surface area is 104 Å². The van der Waals surface area contributed by atoms with Gasteiger partial charge in [-0.3, -0.25) is 9.69 Å². The largest absolute Gasteiger partial charge is 0.281 e. The molecule has 86 valence electrons. The highest BCUT2D eigenvalue weighted by Crippen LogP contribution is 2.26. The predicted molar refractivity (Wildman–Crippen MR) is 65.1 cm³/mol. The molecule has 17 heavy (non-hydrogen) atoms. The lowest BCUT2D eigenvalue weighted by Gasteiger charge is -2.30. The number of nitriles is 1. The minimum Gasteiger partial charge on any atom is -0.281 e. The van der Waals surface area contributed by atoms with Crippen LogP contribution in [0.1, 0.15) is 6.92 Å². The molecule has 0 fully saturated rings. The summed E-state index contributed by atoms with van der Waals surface area (Å²) in [5.74, 6) is -0.190. The fourth-order valence-corrected chi connectivity index (χ4v) is 1.93. The molecule has 0 bridgehead atoms. The molecule has 1 heterocycles. The summed E-state index contributed by atoms with van der Waals surface area (Å²) in [5.41, 5.74) is 0.668. The van der Waals surface area contributed by atoms with E-state index in [1.165, 1.54) is 4.90 Å². The van der Waals surface area contributed by atoms with E-state index in [1.54, 1.807) is 25.2 Å². The van der Waals surface area contributed by atoms with Crippen molar-refractivity contribution in [2.24, 2.45) is 10.9 Å². The molecule has 1 unspecified atom stereocenters. The minimum atomic E-state index is -0.395. The number of carbonyl (C=O) groups excluding carboxylic acids is 1. The van der Waals surface area contributed by atoms with Gasteiger partial charge in [0.15, 0.2) is 5.82 Å². The number of carbonyl (C=O) groups is 1. The van der Waals surface area contributed by atoms with E-state index in [2.05, 4.69) is 4.99 Å². The first-order valence-corrected chi connectivity index (χ1v) is 5.51. The van der Waals surface area contributed by atoms with E-state index in [1.807, 2.05) is 12.1 Å². The topological polar surface area (TPSA) is 56.5 Å². The summed E-state index contributed by atoms with van der Waals surface area (Å²) in [6.07, 6.45) is 7.18. The Kier molecular flexibility index (Phi) is 3.12. The minimum absolute atomic E-state index is 0.0386. The molecule has 0 radical (unpaired) electrons. The van der Waals surface area contributed by atoms with Crippen LogP contribution in [0.3, 0.4) is 0 Å². The number of rotatable bonds is 1. The van der Waals surface area contributed by atoms with Crippen molar-refractivity contribution in [2.45, 2.75) is 6.92 Å². The number of amides is 1. The van der Waals surface area contributed by atoms with Gasteiger partial charge in [-0.25, -0.2) is 4.99 Å². The van der Waals surface area contributed by atoms with Crippen molar-refractivity contribution in [3.8, 4) is 6.07 Å². The zero-order valence-electron chi connectivity index (χ0n) is 9.22. The van der Waals surface area contributed by atoms with Gasteiger partial charge >= 0.3 is 0 Å². The van der Waals surface area contributed by atoms with Crippen LogP contribution < -0.4 is 0 Å². The van der Waals surface area contributed by atoms with Crippen molar-refractivity contribution >= 4 is 23.2 Å². The van der Waals surface area contributed by atoms with E-state index in [4.69, 9.17) is 16.9 Å². The monoisotopic (exact) mass is 247 g/mol. The Morgan fingerprint density at radius 3 is 3.06 bits per heavy atom. The molecule has 1 amide bonds. The molecule has 5 heteroatoms. The lowest BCUT2D eigenvalue weighted by molar-refractivity contribution is -0.130. The summed E-state index contributed by atoms with van der Waals surface area (Å²) in [7, 11) is 0. The van der Waals surface area contributed by atoms with E-state index >= 15 is 0 Å². The third-order valence-corrected chi connectivity index (χ3v) is 2.73. The first-order chi connectivity index (χ1) is 8.15. The summed E-state index contributed by atoms with van der Waals surface area (Å²) in [6.45, 7) is 1.62. The maximum absolute atomic E-state index is 12.2. The van der Waals surface area contributed by atoms with Gasteiger partial charge in [0.05, 0.1) is 22.7 Å².